The molecule has 0 spiro atoms. The summed E-state index contributed by atoms with van der Waals surface area (Å²) in [6.45, 7) is 10.3. The van der Waals surface area contributed by atoms with Crippen molar-refractivity contribution < 1.29 is 4.79 Å². The molecule has 0 radical (unpaired) electrons. The van der Waals surface area contributed by atoms with E-state index in [0.717, 1.165) is 30.9 Å². The monoisotopic (exact) mass is 292 g/mol. The Balaban J connectivity index is 2.64. The van der Waals surface area contributed by atoms with Crippen molar-refractivity contribution in [3.05, 3.63) is 23.4 Å². The van der Waals surface area contributed by atoms with Gasteiger partial charge in [-0.3, -0.25) is 4.79 Å². The summed E-state index contributed by atoms with van der Waals surface area (Å²) in [5.74, 6) is 0.871. The standard InChI is InChI=1S/C16H28N4O/c1-6-7-17-9-14-8-13(4)16(18-10-14)20(5)11-15(21)19-12(2)3/h8,10,12,17H,6-7,9,11H2,1-5H3,(H,19,21). The highest BCUT2D eigenvalue weighted by molar-refractivity contribution is 5.81. The van der Waals surface area contributed by atoms with Gasteiger partial charge in [0, 0.05) is 25.8 Å². The minimum atomic E-state index is 0.0161. The highest BCUT2D eigenvalue weighted by Crippen LogP contribution is 2.16. The molecule has 0 aliphatic carbocycles. The van der Waals surface area contributed by atoms with Crippen LogP contribution in [0.15, 0.2) is 12.3 Å². The van der Waals surface area contributed by atoms with Crippen molar-refractivity contribution in [1.82, 2.24) is 15.6 Å². The van der Waals surface area contributed by atoms with Gasteiger partial charge in [-0.2, -0.15) is 0 Å². The molecule has 0 aromatic carbocycles. The summed E-state index contributed by atoms with van der Waals surface area (Å²) < 4.78 is 0. The Hall–Kier alpha value is -1.62. The summed E-state index contributed by atoms with van der Waals surface area (Å²) in [5.41, 5.74) is 2.26. The lowest BCUT2D eigenvalue weighted by molar-refractivity contribution is -0.120. The number of nitrogens with one attached hydrogen (secondary N) is 2. The fraction of sp³-hybridized carbons (Fsp3) is 0.625. The maximum Gasteiger partial charge on any atom is 0.239 e. The second-order valence-corrected chi connectivity index (χ2v) is 5.74. The van der Waals surface area contributed by atoms with Crippen LogP contribution in [0.1, 0.15) is 38.3 Å². The SMILES string of the molecule is CCCNCc1cnc(N(C)CC(=O)NC(C)C)c(C)c1. The molecule has 118 valence electrons. The average molecular weight is 292 g/mol. The van der Waals surface area contributed by atoms with Crippen LogP contribution in [0.4, 0.5) is 5.82 Å². The predicted octanol–water partition coefficient (Wildman–Crippen LogP) is 1.85. The first-order valence-corrected chi connectivity index (χ1v) is 7.60. The summed E-state index contributed by atoms with van der Waals surface area (Å²) in [5, 5.41) is 6.25. The zero-order valence-corrected chi connectivity index (χ0v) is 13.9. The summed E-state index contributed by atoms with van der Waals surface area (Å²) in [4.78, 5) is 18.2. The molecule has 0 aliphatic rings. The van der Waals surface area contributed by atoms with Crippen LogP contribution in [0.2, 0.25) is 0 Å². The maximum absolute atomic E-state index is 11.8. The van der Waals surface area contributed by atoms with Crippen molar-refractivity contribution in [2.24, 2.45) is 0 Å². The predicted molar refractivity (Wildman–Crippen MR) is 87.5 cm³/mol. The Bertz CT molecular complexity index is 460. The zero-order valence-electron chi connectivity index (χ0n) is 13.9. The highest BCUT2D eigenvalue weighted by atomic mass is 16.2. The molecule has 1 rings (SSSR count). The van der Waals surface area contributed by atoms with E-state index in [9.17, 15) is 4.79 Å². The molecular formula is C16H28N4O. The van der Waals surface area contributed by atoms with Gasteiger partial charge in [-0.25, -0.2) is 4.98 Å². The van der Waals surface area contributed by atoms with Gasteiger partial charge in [0.05, 0.1) is 6.54 Å². The van der Waals surface area contributed by atoms with E-state index in [2.05, 4.69) is 28.6 Å². The number of nitrogens with zero attached hydrogens (tertiary/aromatic N) is 2. The van der Waals surface area contributed by atoms with E-state index in [1.165, 1.54) is 5.56 Å². The van der Waals surface area contributed by atoms with Crippen LogP contribution in [0, 0.1) is 6.92 Å². The molecule has 1 aromatic rings. The molecule has 5 nitrogen and oxygen atoms in total. The van der Waals surface area contributed by atoms with Gasteiger partial charge in [-0.15, -0.1) is 0 Å². The molecule has 21 heavy (non-hydrogen) atoms. The Kier molecular flexibility index (Phi) is 7.15. The van der Waals surface area contributed by atoms with Crippen LogP contribution in [-0.4, -0.2) is 37.1 Å². The fourth-order valence-electron chi connectivity index (χ4n) is 2.19. The van der Waals surface area contributed by atoms with E-state index in [0.29, 0.717) is 6.54 Å². The molecule has 5 heteroatoms. The number of carbonyl (C=O) groups is 1. The number of hydrogen-bond donors (Lipinski definition) is 2. The Morgan fingerprint density at radius 3 is 2.71 bits per heavy atom. The van der Waals surface area contributed by atoms with Crippen molar-refractivity contribution in [3.63, 3.8) is 0 Å². The molecule has 2 N–H and O–H groups in total. The first-order valence-electron chi connectivity index (χ1n) is 7.60. The molecule has 0 atom stereocenters. The number of anilines is 1. The Morgan fingerprint density at radius 1 is 1.43 bits per heavy atom. The van der Waals surface area contributed by atoms with Gasteiger partial charge < -0.3 is 15.5 Å². The number of amides is 1. The van der Waals surface area contributed by atoms with Crippen LogP contribution < -0.4 is 15.5 Å². The molecule has 0 fully saturated rings. The first kappa shape index (κ1) is 17.4. The summed E-state index contributed by atoms with van der Waals surface area (Å²) in [6.07, 6.45) is 3.00. The van der Waals surface area contributed by atoms with Crippen LogP contribution >= 0.6 is 0 Å². The fourth-order valence-corrected chi connectivity index (χ4v) is 2.19. The smallest absolute Gasteiger partial charge is 0.239 e. The molecule has 1 heterocycles. The Labute approximate surface area is 128 Å². The van der Waals surface area contributed by atoms with Gasteiger partial charge in [0.25, 0.3) is 0 Å². The van der Waals surface area contributed by atoms with E-state index < -0.39 is 0 Å². The number of aromatic nitrogens is 1. The van der Waals surface area contributed by atoms with Crippen molar-refractivity contribution in [2.45, 2.75) is 46.7 Å². The third-order valence-electron chi connectivity index (χ3n) is 3.06. The van der Waals surface area contributed by atoms with Crippen molar-refractivity contribution in [2.75, 3.05) is 25.0 Å². The maximum atomic E-state index is 11.8. The van der Waals surface area contributed by atoms with E-state index in [4.69, 9.17) is 0 Å². The minimum Gasteiger partial charge on any atom is -0.352 e. The number of carbonyl (C=O) groups excluding carboxylic acids is 1. The number of rotatable bonds is 8. The van der Waals surface area contributed by atoms with Crippen LogP contribution in [0.5, 0.6) is 0 Å². The largest absolute Gasteiger partial charge is 0.352 e. The number of hydrogen-bond acceptors (Lipinski definition) is 4. The lowest BCUT2D eigenvalue weighted by Crippen LogP contribution is -2.39. The Morgan fingerprint density at radius 2 is 2.14 bits per heavy atom. The summed E-state index contributed by atoms with van der Waals surface area (Å²) in [7, 11) is 1.89. The van der Waals surface area contributed by atoms with Gasteiger partial charge in [0.2, 0.25) is 5.91 Å². The number of aryl methyl sites for hydroxylation is 1. The van der Waals surface area contributed by atoms with Crippen molar-refractivity contribution >= 4 is 11.7 Å². The van der Waals surface area contributed by atoms with Crippen molar-refractivity contribution in [3.8, 4) is 0 Å². The quantitative estimate of drug-likeness (QED) is 0.718. The second kappa shape index (κ2) is 8.62. The van der Waals surface area contributed by atoms with Crippen molar-refractivity contribution in [1.29, 1.82) is 0 Å². The molecule has 0 bridgehead atoms. The summed E-state index contributed by atoms with van der Waals surface area (Å²) >= 11 is 0. The zero-order chi connectivity index (χ0) is 15.8. The average Bonchev–Trinajstić information content (AvgIpc) is 2.37. The van der Waals surface area contributed by atoms with Crippen LogP contribution in [-0.2, 0) is 11.3 Å². The molecular weight excluding hydrogens is 264 g/mol. The molecule has 1 aromatic heterocycles. The normalized spacial score (nSPS) is 10.8. The number of pyridine rings is 1. The van der Waals surface area contributed by atoms with Gasteiger partial charge in [-0.1, -0.05) is 6.92 Å². The first-order chi connectivity index (χ1) is 9.93. The third-order valence-corrected chi connectivity index (χ3v) is 3.06. The van der Waals surface area contributed by atoms with Gasteiger partial charge in [0.15, 0.2) is 0 Å². The van der Waals surface area contributed by atoms with E-state index >= 15 is 0 Å². The minimum absolute atomic E-state index is 0.0161. The topological polar surface area (TPSA) is 57.3 Å². The second-order valence-electron chi connectivity index (χ2n) is 5.74. The lowest BCUT2D eigenvalue weighted by Gasteiger charge is -2.21. The lowest BCUT2D eigenvalue weighted by atomic mass is 10.2. The van der Waals surface area contributed by atoms with E-state index in [1.807, 2.05) is 38.9 Å². The number of likely N-dealkylation sites (N-methyl/N-ethyl adjacent to an activating group) is 1. The third kappa shape index (κ3) is 6.12. The van der Waals surface area contributed by atoms with Gasteiger partial charge >= 0.3 is 0 Å². The van der Waals surface area contributed by atoms with Gasteiger partial charge in [-0.05, 0) is 50.9 Å². The highest BCUT2D eigenvalue weighted by Gasteiger charge is 2.12. The van der Waals surface area contributed by atoms with E-state index in [-0.39, 0.29) is 11.9 Å². The molecule has 1 amide bonds. The summed E-state index contributed by atoms with van der Waals surface area (Å²) in [6, 6.07) is 2.29. The van der Waals surface area contributed by atoms with Crippen LogP contribution in [0.3, 0.4) is 0 Å². The molecule has 0 saturated heterocycles. The van der Waals surface area contributed by atoms with Crippen LogP contribution in [0.25, 0.3) is 0 Å². The van der Waals surface area contributed by atoms with E-state index in [1.54, 1.807) is 0 Å². The molecule has 0 aliphatic heterocycles. The molecule has 0 unspecified atom stereocenters. The van der Waals surface area contributed by atoms with Gasteiger partial charge in [0.1, 0.15) is 5.82 Å². The molecule has 0 saturated carbocycles.